The number of urea groups is 1. The lowest BCUT2D eigenvalue weighted by Crippen LogP contribution is -2.65. The molecule has 30 heavy (non-hydrogen) atoms. The van der Waals surface area contributed by atoms with Crippen LogP contribution in [-0.4, -0.2) is 41.4 Å². The first kappa shape index (κ1) is 19.9. The van der Waals surface area contributed by atoms with Crippen molar-refractivity contribution in [3.63, 3.8) is 0 Å². The second-order valence-electron chi connectivity index (χ2n) is 7.01. The second kappa shape index (κ2) is 7.12. The van der Waals surface area contributed by atoms with Crippen LogP contribution in [0.2, 0.25) is 0 Å². The maximum absolute atomic E-state index is 13.2. The van der Waals surface area contributed by atoms with Crippen molar-refractivity contribution in [2.45, 2.75) is 24.7 Å². The number of carbonyl (C=O) groups is 3. The largest absolute Gasteiger partial charge is 0.416 e. The maximum Gasteiger partial charge on any atom is 0.416 e. The first-order valence-electron chi connectivity index (χ1n) is 9.05. The standard InChI is InChI=1S/C20H15F4N3O3/c21-13-5-7-14(8-6-13)27-18(29)16-15(25-19(27)30)9-10-26(16)17(28)11-1-3-12(4-2-11)20(22,23)24/h1-8,15-16H,9-10H2,(H,25,30)/t15-,16+/m1/s1. The van der Waals surface area contributed by atoms with E-state index in [9.17, 15) is 31.9 Å². The Bertz CT molecular complexity index is 1010. The summed E-state index contributed by atoms with van der Waals surface area (Å²) in [5.74, 6) is -1.81. The number of hydrogen-bond acceptors (Lipinski definition) is 3. The third-order valence-electron chi connectivity index (χ3n) is 5.19. The van der Waals surface area contributed by atoms with Crippen LogP contribution in [0.3, 0.4) is 0 Å². The molecule has 4 rings (SSSR count). The third kappa shape index (κ3) is 3.38. The monoisotopic (exact) mass is 421 g/mol. The SMILES string of the molecule is O=C1N[C@@H]2CCN(C(=O)c3ccc(C(F)(F)F)cc3)[C@@H]2C(=O)N1c1ccc(F)cc1. The van der Waals surface area contributed by atoms with Gasteiger partial charge in [0, 0.05) is 12.1 Å². The Morgan fingerprint density at radius 2 is 1.63 bits per heavy atom. The van der Waals surface area contributed by atoms with E-state index in [0.717, 1.165) is 41.3 Å². The minimum absolute atomic E-state index is 0.00156. The molecule has 2 fully saturated rings. The molecule has 2 aromatic rings. The lowest BCUT2D eigenvalue weighted by Gasteiger charge is -2.36. The Kier molecular flexibility index (Phi) is 4.71. The molecule has 2 aromatic carbocycles. The Hall–Kier alpha value is -3.43. The average Bonchev–Trinajstić information content (AvgIpc) is 3.12. The van der Waals surface area contributed by atoms with Crippen molar-refractivity contribution in [3.05, 3.63) is 65.5 Å². The molecule has 2 saturated heterocycles. The Labute approximate surface area is 168 Å². The van der Waals surface area contributed by atoms with Crippen molar-refractivity contribution in [1.29, 1.82) is 0 Å². The van der Waals surface area contributed by atoms with E-state index in [-0.39, 0.29) is 17.8 Å². The fourth-order valence-electron chi connectivity index (χ4n) is 3.73. The van der Waals surface area contributed by atoms with Gasteiger partial charge in [0.1, 0.15) is 11.9 Å². The topological polar surface area (TPSA) is 69.7 Å². The summed E-state index contributed by atoms with van der Waals surface area (Å²) in [6.07, 6.45) is -4.20. The number of nitrogens with one attached hydrogen (secondary N) is 1. The minimum Gasteiger partial charge on any atom is -0.332 e. The van der Waals surface area contributed by atoms with E-state index >= 15 is 0 Å². The molecule has 156 valence electrons. The zero-order valence-corrected chi connectivity index (χ0v) is 15.3. The van der Waals surface area contributed by atoms with Crippen molar-refractivity contribution in [2.75, 3.05) is 11.4 Å². The number of halogens is 4. The summed E-state index contributed by atoms with van der Waals surface area (Å²) in [5, 5.41) is 2.67. The quantitative estimate of drug-likeness (QED) is 0.758. The zero-order chi connectivity index (χ0) is 21.6. The van der Waals surface area contributed by atoms with E-state index in [1.54, 1.807) is 0 Å². The number of imide groups is 1. The number of carbonyl (C=O) groups excluding carboxylic acids is 3. The van der Waals surface area contributed by atoms with Crippen LogP contribution in [0, 0.1) is 5.82 Å². The summed E-state index contributed by atoms with van der Waals surface area (Å²) in [6, 6.07) is 6.15. The van der Waals surface area contributed by atoms with Gasteiger partial charge in [-0.25, -0.2) is 14.1 Å². The van der Waals surface area contributed by atoms with Gasteiger partial charge in [-0.05, 0) is 55.0 Å². The average molecular weight is 421 g/mol. The predicted molar refractivity (Wildman–Crippen MR) is 97.1 cm³/mol. The number of alkyl halides is 3. The molecule has 0 aliphatic carbocycles. The summed E-state index contributed by atoms with van der Waals surface area (Å²) in [6.45, 7) is 0.151. The first-order valence-corrected chi connectivity index (χ1v) is 9.05. The van der Waals surface area contributed by atoms with Crippen LogP contribution in [-0.2, 0) is 11.0 Å². The number of benzene rings is 2. The van der Waals surface area contributed by atoms with Crippen molar-refractivity contribution < 1.29 is 31.9 Å². The highest BCUT2D eigenvalue weighted by molar-refractivity contribution is 6.19. The Balaban J connectivity index is 1.60. The highest BCUT2D eigenvalue weighted by atomic mass is 19.4. The zero-order valence-electron chi connectivity index (χ0n) is 15.3. The molecule has 0 aromatic heterocycles. The van der Waals surface area contributed by atoms with Crippen LogP contribution in [0.25, 0.3) is 0 Å². The van der Waals surface area contributed by atoms with Crippen molar-refractivity contribution in [1.82, 2.24) is 10.2 Å². The highest BCUT2D eigenvalue weighted by Crippen LogP contribution is 2.31. The van der Waals surface area contributed by atoms with Gasteiger partial charge in [0.05, 0.1) is 17.3 Å². The highest BCUT2D eigenvalue weighted by Gasteiger charge is 2.50. The van der Waals surface area contributed by atoms with Crippen LogP contribution in [0.1, 0.15) is 22.3 Å². The van der Waals surface area contributed by atoms with E-state index < -0.39 is 47.5 Å². The third-order valence-corrected chi connectivity index (χ3v) is 5.19. The van der Waals surface area contributed by atoms with Crippen molar-refractivity contribution >= 4 is 23.5 Å². The summed E-state index contributed by atoms with van der Waals surface area (Å²) in [4.78, 5) is 40.4. The molecule has 0 radical (unpaired) electrons. The van der Waals surface area contributed by atoms with Gasteiger partial charge in [0.2, 0.25) is 0 Å². The minimum atomic E-state index is -4.53. The smallest absolute Gasteiger partial charge is 0.332 e. The van der Waals surface area contributed by atoms with Crippen LogP contribution >= 0.6 is 0 Å². The van der Waals surface area contributed by atoms with Gasteiger partial charge in [0.25, 0.3) is 11.8 Å². The van der Waals surface area contributed by atoms with Gasteiger partial charge in [-0.3, -0.25) is 9.59 Å². The summed E-state index contributed by atoms with van der Waals surface area (Å²) in [5.41, 5.74) is -0.741. The lowest BCUT2D eigenvalue weighted by atomic mass is 10.0. The van der Waals surface area contributed by atoms with Crippen LogP contribution in [0.4, 0.5) is 28.0 Å². The summed E-state index contributed by atoms with van der Waals surface area (Å²) < 4.78 is 51.4. The number of amides is 4. The number of hydrogen-bond donors (Lipinski definition) is 1. The number of likely N-dealkylation sites (tertiary alicyclic amines) is 1. The van der Waals surface area contributed by atoms with Gasteiger partial charge in [0.15, 0.2) is 0 Å². The predicted octanol–water partition coefficient (Wildman–Crippen LogP) is 3.18. The summed E-state index contributed by atoms with van der Waals surface area (Å²) in [7, 11) is 0. The van der Waals surface area contributed by atoms with Crippen molar-refractivity contribution in [2.24, 2.45) is 0 Å². The van der Waals surface area contributed by atoms with E-state index in [1.807, 2.05) is 0 Å². The fraction of sp³-hybridized carbons (Fsp3) is 0.250. The molecule has 10 heteroatoms. The molecule has 2 aliphatic heterocycles. The van der Waals surface area contributed by atoms with E-state index in [2.05, 4.69) is 5.32 Å². The first-order chi connectivity index (χ1) is 14.2. The number of fused-ring (bicyclic) bond motifs is 1. The Morgan fingerprint density at radius 3 is 2.23 bits per heavy atom. The summed E-state index contributed by atoms with van der Waals surface area (Å²) >= 11 is 0. The van der Waals surface area contributed by atoms with Gasteiger partial charge in [-0.15, -0.1) is 0 Å². The molecular weight excluding hydrogens is 406 g/mol. The number of nitrogens with zero attached hydrogens (tertiary/aromatic N) is 2. The maximum atomic E-state index is 13.2. The van der Waals surface area contributed by atoms with Crippen molar-refractivity contribution in [3.8, 4) is 0 Å². The fourth-order valence-corrected chi connectivity index (χ4v) is 3.73. The molecule has 2 aliphatic rings. The number of anilines is 1. The van der Waals surface area contributed by atoms with Crippen LogP contribution in [0.5, 0.6) is 0 Å². The van der Waals surface area contributed by atoms with E-state index in [1.165, 1.54) is 17.0 Å². The number of rotatable bonds is 2. The van der Waals surface area contributed by atoms with Gasteiger partial charge < -0.3 is 10.2 Å². The van der Waals surface area contributed by atoms with E-state index in [0.29, 0.717) is 6.42 Å². The molecule has 0 unspecified atom stereocenters. The van der Waals surface area contributed by atoms with Gasteiger partial charge in [-0.1, -0.05) is 0 Å². The molecule has 0 spiro atoms. The molecule has 6 nitrogen and oxygen atoms in total. The molecular formula is C20H15F4N3O3. The van der Waals surface area contributed by atoms with Gasteiger partial charge in [-0.2, -0.15) is 13.2 Å². The van der Waals surface area contributed by atoms with Crippen LogP contribution < -0.4 is 10.2 Å². The molecule has 2 heterocycles. The molecule has 2 atom stereocenters. The second-order valence-corrected chi connectivity index (χ2v) is 7.01. The molecule has 0 saturated carbocycles. The Morgan fingerprint density at radius 1 is 1.00 bits per heavy atom. The molecule has 0 bridgehead atoms. The normalized spacial score (nSPS) is 21.5. The molecule has 4 amide bonds. The van der Waals surface area contributed by atoms with Crippen LogP contribution in [0.15, 0.2) is 48.5 Å². The lowest BCUT2D eigenvalue weighted by molar-refractivity contribution is -0.137. The van der Waals surface area contributed by atoms with E-state index in [4.69, 9.17) is 0 Å². The van der Waals surface area contributed by atoms with Gasteiger partial charge >= 0.3 is 12.2 Å². The molecule has 1 N–H and O–H groups in total.